The van der Waals surface area contributed by atoms with Gasteiger partial charge in [-0.1, -0.05) is 27.7 Å². The predicted octanol–water partition coefficient (Wildman–Crippen LogP) is 3.87. The molecule has 0 atom stereocenters. The SMILES string of the molecule is CC(C)C(C)(C)C(=O)OCC(C)(C)C(=O)[O-].CC1(C)OC(=O)C1(C)C.CC1(C)OC1(C)C.[C-]#[O+]. The Morgan fingerprint density at radius 1 is 0.941 bits per heavy atom. The monoisotopic (exact) mass is 485 g/mol. The molecular formula is C26H45O8-. The molecule has 2 aliphatic heterocycles. The third-order valence-corrected chi connectivity index (χ3v) is 7.37. The van der Waals surface area contributed by atoms with Crippen molar-refractivity contribution < 1.29 is 38.4 Å². The number of hydrogen-bond acceptors (Lipinski definition) is 7. The van der Waals surface area contributed by atoms with Crippen LogP contribution in [0.25, 0.3) is 0 Å². The van der Waals surface area contributed by atoms with E-state index in [1.165, 1.54) is 13.8 Å². The summed E-state index contributed by atoms with van der Waals surface area (Å²) in [6.45, 7) is 30.8. The summed E-state index contributed by atoms with van der Waals surface area (Å²) in [5.74, 6) is -1.56. The van der Waals surface area contributed by atoms with Gasteiger partial charge in [0.05, 0.1) is 22.6 Å². The quantitative estimate of drug-likeness (QED) is 0.250. The van der Waals surface area contributed by atoms with Crippen LogP contribution in [0.5, 0.6) is 0 Å². The van der Waals surface area contributed by atoms with Crippen molar-refractivity contribution >= 4 is 17.9 Å². The van der Waals surface area contributed by atoms with Crippen molar-refractivity contribution in [2.24, 2.45) is 22.2 Å². The molecule has 0 amide bonds. The van der Waals surface area contributed by atoms with Crippen LogP contribution in [0.1, 0.15) is 96.9 Å². The summed E-state index contributed by atoms with van der Waals surface area (Å²) in [6, 6.07) is 0. The number of rotatable bonds is 5. The fourth-order valence-corrected chi connectivity index (χ4v) is 2.03. The first kappa shape index (κ1) is 34.3. The fraction of sp³-hybridized carbons (Fsp3) is 0.846. The Hall–Kier alpha value is -1.89. The zero-order valence-corrected chi connectivity index (χ0v) is 23.6. The van der Waals surface area contributed by atoms with Crippen molar-refractivity contribution in [2.75, 3.05) is 6.61 Å². The van der Waals surface area contributed by atoms with E-state index in [1.54, 1.807) is 13.8 Å². The normalized spacial score (nSPS) is 20.3. The molecule has 0 N–H and O–H groups in total. The second-order valence-corrected chi connectivity index (χ2v) is 12.3. The molecule has 8 heteroatoms. The molecular weight excluding hydrogens is 440 g/mol. The number of carboxylic acid groups (broad SMARTS) is 1. The second kappa shape index (κ2) is 11.2. The Morgan fingerprint density at radius 2 is 1.29 bits per heavy atom. The van der Waals surface area contributed by atoms with Gasteiger partial charge in [0.15, 0.2) is 0 Å². The molecule has 0 aromatic heterocycles. The van der Waals surface area contributed by atoms with Crippen LogP contribution < -0.4 is 5.11 Å². The third kappa shape index (κ3) is 8.40. The third-order valence-electron chi connectivity index (χ3n) is 7.37. The second-order valence-electron chi connectivity index (χ2n) is 12.3. The van der Waals surface area contributed by atoms with Gasteiger partial charge in [-0.25, -0.2) is 0 Å². The van der Waals surface area contributed by atoms with Crippen LogP contribution >= 0.6 is 0 Å². The first-order valence-corrected chi connectivity index (χ1v) is 11.4. The van der Waals surface area contributed by atoms with Crippen LogP contribution in [0.4, 0.5) is 0 Å². The Balaban J connectivity index is 0. The molecule has 2 aliphatic rings. The van der Waals surface area contributed by atoms with Crippen LogP contribution in [0.3, 0.4) is 0 Å². The molecule has 2 heterocycles. The summed E-state index contributed by atoms with van der Waals surface area (Å²) < 4.78 is 22.7. The molecule has 0 aromatic carbocycles. The maximum absolute atomic E-state index is 11.7. The zero-order chi connectivity index (χ0) is 28.1. The molecule has 0 saturated carbocycles. The van der Waals surface area contributed by atoms with E-state index in [-0.39, 0.29) is 46.7 Å². The molecule has 0 unspecified atom stereocenters. The van der Waals surface area contributed by atoms with E-state index in [0.717, 1.165) is 0 Å². The number of carbonyl (C=O) groups excluding carboxylic acids is 3. The molecule has 0 bridgehead atoms. The number of epoxide rings is 1. The van der Waals surface area contributed by atoms with Crippen molar-refractivity contribution in [3.05, 3.63) is 6.65 Å². The number of carbonyl (C=O) groups is 3. The van der Waals surface area contributed by atoms with Gasteiger partial charge in [-0.2, -0.15) is 0 Å². The molecule has 0 aliphatic carbocycles. The van der Waals surface area contributed by atoms with Crippen LogP contribution in [0.2, 0.25) is 0 Å². The average Bonchev–Trinajstić information content (AvgIpc) is 3.15. The van der Waals surface area contributed by atoms with Gasteiger partial charge < -0.3 is 24.1 Å². The fourth-order valence-electron chi connectivity index (χ4n) is 2.03. The predicted molar refractivity (Wildman–Crippen MR) is 125 cm³/mol. The Morgan fingerprint density at radius 3 is 1.44 bits per heavy atom. The summed E-state index contributed by atoms with van der Waals surface area (Å²) in [7, 11) is 0. The van der Waals surface area contributed by atoms with Gasteiger partial charge in [0.1, 0.15) is 17.6 Å². The van der Waals surface area contributed by atoms with Gasteiger partial charge in [-0.3, -0.25) is 9.59 Å². The van der Waals surface area contributed by atoms with E-state index in [2.05, 4.69) is 34.3 Å². The van der Waals surface area contributed by atoms with Gasteiger partial charge >= 0.3 is 23.2 Å². The van der Waals surface area contributed by atoms with Crippen molar-refractivity contribution in [3.8, 4) is 0 Å². The van der Waals surface area contributed by atoms with E-state index in [1.807, 2.05) is 41.5 Å². The minimum absolute atomic E-state index is 0.0903. The van der Waals surface area contributed by atoms with E-state index in [9.17, 15) is 19.5 Å². The summed E-state index contributed by atoms with van der Waals surface area (Å²) in [6.07, 6.45) is 0. The molecule has 2 saturated heterocycles. The maximum atomic E-state index is 11.7. The molecule has 0 radical (unpaired) electrons. The van der Waals surface area contributed by atoms with Crippen molar-refractivity contribution in [2.45, 2.75) is 114 Å². The summed E-state index contributed by atoms with van der Waals surface area (Å²) >= 11 is 0. The number of ether oxygens (including phenoxy) is 3. The molecule has 2 fully saturated rings. The first-order chi connectivity index (χ1) is 14.8. The number of esters is 2. The van der Waals surface area contributed by atoms with Crippen LogP contribution in [-0.4, -0.2) is 41.3 Å². The number of aliphatic carboxylic acids is 1. The van der Waals surface area contributed by atoms with Crippen molar-refractivity contribution in [1.29, 1.82) is 0 Å². The van der Waals surface area contributed by atoms with Gasteiger partial charge in [0, 0.05) is 5.41 Å². The number of cyclic esters (lactones) is 1. The summed E-state index contributed by atoms with van der Waals surface area (Å²) in [5, 5.41) is 10.7. The molecule has 198 valence electrons. The minimum atomic E-state index is -1.22. The average molecular weight is 486 g/mol. The van der Waals surface area contributed by atoms with Gasteiger partial charge in [0.2, 0.25) is 0 Å². The van der Waals surface area contributed by atoms with Crippen molar-refractivity contribution in [1.82, 2.24) is 0 Å². The van der Waals surface area contributed by atoms with Crippen LogP contribution in [0, 0.1) is 28.8 Å². The molecule has 2 rings (SSSR count). The van der Waals surface area contributed by atoms with E-state index in [0.29, 0.717) is 0 Å². The zero-order valence-electron chi connectivity index (χ0n) is 23.6. The summed E-state index contributed by atoms with van der Waals surface area (Å²) in [4.78, 5) is 33.2. The number of carboxylic acids is 1. The first-order valence-electron chi connectivity index (χ1n) is 11.4. The molecule has 8 nitrogen and oxygen atoms in total. The van der Waals surface area contributed by atoms with E-state index < -0.39 is 16.8 Å². The Bertz CT molecular complexity index is 740. The Labute approximate surface area is 205 Å². The van der Waals surface area contributed by atoms with Gasteiger partial charge in [-0.05, 0) is 75.2 Å². The Kier molecular flexibility index (Phi) is 11.3. The van der Waals surface area contributed by atoms with Crippen LogP contribution in [-0.2, 0) is 33.2 Å². The van der Waals surface area contributed by atoms with Gasteiger partial charge in [-0.15, -0.1) is 0 Å². The van der Waals surface area contributed by atoms with Crippen molar-refractivity contribution in [3.63, 3.8) is 0 Å². The molecule has 0 spiro atoms. The van der Waals surface area contributed by atoms with E-state index in [4.69, 9.17) is 18.9 Å². The van der Waals surface area contributed by atoms with E-state index >= 15 is 0 Å². The molecule has 0 aromatic rings. The van der Waals surface area contributed by atoms with Gasteiger partial charge in [0.25, 0.3) is 0 Å². The standard InChI is InChI=1S/C12H22O4.C7H12O2.C6H12O.CO/c1-8(2)12(5,6)10(15)16-7-11(3,4)9(13)14;1-6(2)5(8)9-7(6,3)4;1-5(2)6(3,4)7-5;1-2/h8H,7H2,1-6H3,(H,13,14);1-4H3;1-4H3;/p-1. The topological polar surface area (TPSA) is 125 Å². The summed E-state index contributed by atoms with van der Waals surface area (Å²) in [5.41, 5.74) is -2.01. The molecule has 34 heavy (non-hydrogen) atoms. The van der Waals surface area contributed by atoms with Crippen LogP contribution in [0.15, 0.2) is 0 Å². The number of hydrogen-bond donors (Lipinski definition) is 0.